The zero-order chi connectivity index (χ0) is 9.59. The summed E-state index contributed by atoms with van der Waals surface area (Å²) in [7, 11) is 0. The molecule has 0 amide bonds. The highest BCUT2D eigenvalue weighted by Crippen LogP contribution is 2.38. The normalized spacial score (nSPS) is 19.9. The zero-order valence-corrected chi connectivity index (χ0v) is 9.28. The van der Waals surface area contributed by atoms with Crippen molar-refractivity contribution in [3.63, 3.8) is 0 Å². The number of ether oxygens (including phenoxy) is 1. The number of hydrogen-bond acceptors (Lipinski definition) is 2. The molecule has 13 heavy (non-hydrogen) atoms. The molecule has 2 nitrogen and oxygen atoms in total. The summed E-state index contributed by atoms with van der Waals surface area (Å²) in [4.78, 5) is 11.4. The van der Waals surface area contributed by atoms with E-state index in [1.807, 2.05) is 0 Å². The Morgan fingerprint density at radius 3 is 2.77 bits per heavy atom. The van der Waals surface area contributed by atoms with Gasteiger partial charge in [0, 0.05) is 5.02 Å². The minimum atomic E-state index is -0.640. The van der Waals surface area contributed by atoms with Gasteiger partial charge < -0.3 is 4.74 Å². The molecule has 0 spiro atoms. The van der Waals surface area contributed by atoms with Gasteiger partial charge in [-0.3, -0.25) is 4.79 Å². The van der Waals surface area contributed by atoms with Crippen molar-refractivity contribution in [2.75, 3.05) is 0 Å². The quantitative estimate of drug-likeness (QED) is 0.682. The van der Waals surface area contributed by atoms with Crippen molar-refractivity contribution in [1.29, 1.82) is 0 Å². The maximum absolute atomic E-state index is 11.4. The van der Waals surface area contributed by atoms with E-state index in [0.717, 1.165) is 0 Å². The Kier molecular flexibility index (Phi) is 2.26. The van der Waals surface area contributed by atoms with Gasteiger partial charge in [-0.15, -0.1) is 0 Å². The maximum atomic E-state index is 11.4. The van der Waals surface area contributed by atoms with Crippen LogP contribution in [0.3, 0.4) is 0 Å². The summed E-state index contributed by atoms with van der Waals surface area (Å²) in [6.45, 7) is 0. The Balaban J connectivity index is 2.64. The molecule has 0 radical (unpaired) electrons. The molecule has 1 aliphatic heterocycles. The number of Topliss-reactive ketones (excluding diaryl/α,β-unsaturated/α-hetero) is 1. The molecule has 0 aliphatic carbocycles. The average Bonchev–Trinajstić information content (AvgIpc) is 2.27. The summed E-state index contributed by atoms with van der Waals surface area (Å²) in [5, 5.41) is 0.145. The van der Waals surface area contributed by atoms with E-state index in [1.165, 1.54) is 6.07 Å². The number of alkyl halides is 1. The molecule has 0 N–H and O–H groups in total. The highest BCUT2D eigenvalue weighted by molar-refractivity contribution is 9.09. The first-order valence-corrected chi connectivity index (χ1v) is 5.11. The Morgan fingerprint density at radius 1 is 1.38 bits per heavy atom. The van der Waals surface area contributed by atoms with Crippen LogP contribution in [0.4, 0.5) is 0 Å². The first-order chi connectivity index (χ1) is 6.09. The molecular formula is C8H3BrCl2O2. The number of carbonyl (C=O) groups is 1. The van der Waals surface area contributed by atoms with Crippen LogP contribution in [0.25, 0.3) is 0 Å². The molecule has 0 saturated heterocycles. The Morgan fingerprint density at radius 2 is 2.08 bits per heavy atom. The molecule has 0 aromatic heterocycles. The van der Waals surface area contributed by atoms with E-state index in [4.69, 9.17) is 27.9 Å². The number of rotatable bonds is 0. The van der Waals surface area contributed by atoms with Gasteiger partial charge in [0.2, 0.25) is 10.8 Å². The first kappa shape index (κ1) is 9.31. The summed E-state index contributed by atoms with van der Waals surface area (Å²) in [5.74, 6) is 0.265. The van der Waals surface area contributed by atoms with Crippen LogP contribution in [0.15, 0.2) is 12.1 Å². The molecule has 0 bridgehead atoms. The van der Waals surface area contributed by atoms with Crippen molar-refractivity contribution >= 4 is 44.9 Å². The Labute approximate surface area is 92.9 Å². The van der Waals surface area contributed by atoms with E-state index >= 15 is 0 Å². The molecule has 2 rings (SSSR count). The van der Waals surface area contributed by atoms with Gasteiger partial charge in [-0.25, -0.2) is 0 Å². The zero-order valence-electron chi connectivity index (χ0n) is 6.18. The second-order valence-electron chi connectivity index (χ2n) is 2.56. The van der Waals surface area contributed by atoms with E-state index < -0.39 is 5.01 Å². The second-order valence-corrected chi connectivity index (χ2v) is 4.23. The molecule has 68 valence electrons. The van der Waals surface area contributed by atoms with E-state index in [0.29, 0.717) is 21.4 Å². The minimum Gasteiger partial charge on any atom is -0.470 e. The third-order valence-electron chi connectivity index (χ3n) is 1.70. The second kappa shape index (κ2) is 3.15. The third-order valence-corrected chi connectivity index (χ3v) is 2.82. The van der Waals surface area contributed by atoms with Crippen LogP contribution >= 0.6 is 39.1 Å². The van der Waals surface area contributed by atoms with Gasteiger partial charge >= 0.3 is 0 Å². The van der Waals surface area contributed by atoms with Crippen LogP contribution in [0, 0.1) is 0 Å². The van der Waals surface area contributed by atoms with E-state index in [9.17, 15) is 4.79 Å². The SMILES string of the molecule is O=C1c2c(Cl)cc(Cl)cc2OC1Br. The van der Waals surface area contributed by atoms with Crippen molar-refractivity contribution in [2.45, 2.75) is 5.01 Å². The molecule has 1 atom stereocenters. The van der Waals surface area contributed by atoms with Crippen LogP contribution in [0.2, 0.25) is 10.0 Å². The molecule has 5 heteroatoms. The Hall–Kier alpha value is -0.250. The van der Waals surface area contributed by atoms with Crippen LogP contribution < -0.4 is 4.74 Å². The number of ketones is 1. The highest BCUT2D eigenvalue weighted by Gasteiger charge is 2.32. The van der Waals surface area contributed by atoms with Gasteiger partial charge in [0.25, 0.3) is 0 Å². The number of benzene rings is 1. The molecule has 1 heterocycles. The van der Waals surface area contributed by atoms with Crippen LogP contribution in [-0.4, -0.2) is 10.8 Å². The van der Waals surface area contributed by atoms with Gasteiger partial charge in [0.15, 0.2) is 0 Å². The first-order valence-electron chi connectivity index (χ1n) is 3.43. The van der Waals surface area contributed by atoms with Crippen molar-refractivity contribution in [2.24, 2.45) is 0 Å². The number of carbonyl (C=O) groups excluding carboxylic acids is 1. The van der Waals surface area contributed by atoms with Crippen LogP contribution in [0.1, 0.15) is 10.4 Å². The molecule has 0 fully saturated rings. The summed E-state index contributed by atoms with van der Waals surface area (Å²) in [6.07, 6.45) is 0. The Bertz CT molecular complexity index is 392. The number of fused-ring (bicyclic) bond motifs is 1. The topological polar surface area (TPSA) is 26.3 Å². The lowest BCUT2D eigenvalue weighted by atomic mass is 10.1. The summed E-state index contributed by atoms with van der Waals surface area (Å²) in [5.41, 5.74) is 0.396. The molecule has 1 aliphatic rings. The van der Waals surface area contributed by atoms with Gasteiger partial charge in [-0.1, -0.05) is 23.2 Å². The van der Waals surface area contributed by atoms with Crippen molar-refractivity contribution in [1.82, 2.24) is 0 Å². The van der Waals surface area contributed by atoms with Crippen molar-refractivity contribution in [3.05, 3.63) is 27.7 Å². The lowest BCUT2D eigenvalue weighted by molar-refractivity contribution is 0.0942. The minimum absolute atomic E-state index is 0.170. The number of hydrogen-bond donors (Lipinski definition) is 0. The lowest BCUT2D eigenvalue weighted by Crippen LogP contribution is -2.10. The van der Waals surface area contributed by atoms with E-state index in [-0.39, 0.29) is 5.78 Å². The predicted octanol–water partition coefficient (Wildman–Crippen LogP) is 3.29. The standard InChI is InChI=1S/C8H3BrCl2O2/c9-8-7(12)6-4(11)1-3(10)2-5(6)13-8/h1-2,8H. The molecule has 1 unspecified atom stereocenters. The summed E-state index contributed by atoms with van der Waals surface area (Å²) < 4.78 is 5.18. The average molecular weight is 282 g/mol. The van der Waals surface area contributed by atoms with Gasteiger partial charge in [-0.05, 0) is 28.1 Å². The van der Waals surface area contributed by atoms with E-state index in [1.54, 1.807) is 6.07 Å². The fraction of sp³-hybridized carbons (Fsp3) is 0.125. The van der Waals surface area contributed by atoms with Crippen LogP contribution in [-0.2, 0) is 0 Å². The maximum Gasteiger partial charge on any atom is 0.219 e. The highest BCUT2D eigenvalue weighted by atomic mass is 79.9. The number of halogens is 3. The van der Waals surface area contributed by atoms with Gasteiger partial charge in [-0.2, -0.15) is 0 Å². The van der Waals surface area contributed by atoms with Crippen molar-refractivity contribution < 1.29 is 9.53 Å². The van der Waals surface area contributed by atoms with Gasteiger partial charge in [0.05, 0.1) is 10.6 Å². The summed E-state index contributed by atoms with van der Waals surface area (Å²) >= 11 is 14.6. The monoisotopic (exact) mass is 280 g/mol. The predicted molar refractivity (Wildman–Crippen MR) is 54.1 cm³/mol. The largest absolute Gasteiger partial charge is 0.470 e. The fourth-order valence-electron chi connectivity index (χ4n) is 1.16. The molecule has 0 saturated carbocycles. The van der Waals surface area contributed by atoms with E-state index in [2.05, 4.69) is 15.9 Å². The molecule has 1 aromatic rings. The fourth-order valence-corrected chi connectivity index (χ4v) is 2.16. The smallest absolute Gasteiger partial charge is 0.219 e. The molecular weight excluding hydrogens is 279 g/mol. The molecule has 1 aromatic carbocycles. The van der Waals surface area contributed by atoms with Crippen LogP contribution in [0.5, 0.6) is 5.75 Å². The van der Waals surface area contributed by atoms with Gasteiger partial charge in [0.1, 0.15) is 5.75 Å². The summed E-state index contributed by atoms with van der Waals surface area (Å²) in [6, 6.07) is 3.09. The third kappa shape index (κ3) is 1.45. The van der Waals surface area contributed by atoms with Crippen molar-refractivity contribution in [3.8, 4) is 5.75 Å². The lowest BCUT2D eigenvalue weighted by Gasteiger charge is -1.99.